The number of nitrogens with one attached hydrogen (secondary N) is 1. The summed E-state index contributed by atoms with van der Waals surface area (Å²) >= 11 is 0. The summed E-state index contributed by atoms with van der Waals surface area (Å²) in [6.45, 7) is 5.72. The van der Waals surface area contributed by atoms with Gasteiger partial charge in [0, 0.05) is 32.7 Å². The Hall–Kier alpha value is -0.160. The molecule has 0 spiro atoms. The lowest BCUT2D eigenvalue weighted by atomic mass is 10.0. The van der Waals surface area contributed by atoms with Crippen molar-refractivity contribution in [3.63, 3.8) is 0 Å². The van der Waals surface area contributed by atoms with Crippen LogP contribution in [0.25, 0.3) is 0 Å². The molecule has 0 aliphatic carbocycles. The van der Waals surface area contributed by atoms with Crippen molar-refractivity contribution in [3.05, 3.63) is 47.0 Å². The third-order valence-corrected chi connectivity index (χ3v) is 3.57. The molecule has 0 saturated heterocycles. The molecule has 0 saturated carbocycles. The Balaban J connectivity index is 0.000000810. The maximum absolute atomic E-state index is 3.45. The predicted octanol–water partition coefficient (Wildman–Crippen LogP) is 2.95. The molecule has 2 nitrogen and oxygen atoms in total. The normalized spacial score (nSPS) is 18.9. The van der Waals surface area contributed by atoms with Crippen molar-refractivity contribution in [3.8, 4) is 0 Å². The largest absolute Gasteiger partial charge is 0.309 e. The molecule has 0 aromatic heterocycles. The number of nitrogens with zero attached hydrogens (tertiary/aromatic N) is 1. The van der Waals surface area contributed by atoms with Crippen LogP contribution in [0.2, 0.25) is 0 Å². The van der Waals surface area contributed by atoms with Crippen LogP contribution in [0.4, 0.5) is 0 Å². The molecule has 1 aromatic carbocycles. The Kier molecular flexibility index (Phi) is 6.57. The minimum Gasteiger partial charge on any atom is -0.309 e. The summed E-state index contributed by atoms with van der Waals surface area (Å²) < 4.78 is 0. The van der Waals surface area contributed by atoms with Crippen LogP contribution in [0.1, 0.15) is 12.0 Å². The molecule has 3 rings (SSSR count). The van der Waals surface area contributed by atoms with Crippen molar-refractivity contribution in [2.75, 3.05) is 26.2 Å². The van der Waals surface area contributed by atoms with Gasteiger partial charge >= 0.3 is 0 Å². The van der Waals surface area contributed by atoms with Crippen LogP contribution in [-0.4, -0.2) is 31.1 Å². The second-order valence-electron chi connectivity index (χ2n) is 4.76. The van der Waals surface area contributed by atoms with Crippen LogP contribution >= 0.6 is 34.0 Å². The molecule has 18 heavy (non-hydrogen) atoms. The summed E-state index contributed by atoms with van der Waals surface area (Å²) in [6, 6.07) is 10.8. The topological polar surface area (TPSA) is 15.3 Å². The zero-order valence-corrected chi connectivity index (χ0v) is 13.8. The van der Waals surface area contributed by atoms with E-state index < -0.39 is 0 Å². The minimum atomic E-state index is 0. The van der Waals surface area contributed by atoms with E-state index in [-0.39, 0.29) is 34.0 Å². The number of hydrogen-bond acceptors (Lipinski definition) is 2. The van der Waals surface area contributed by atoms with Gasteiger partial charge in [-0.2, -0.15) is 0 Å². The van der Waals surface area contributed by atoms with Crippen molar-refractivity contribution >= 4 is 34.0 Å². The molecular weight excluding hydrogens is 356 g/mol. The number of halogens is 2. The first-order valence-electron chi connectivity index (χ1n) is 6.08. The lowest BCUT2D eigenvalue weighted by Crippen LogP contribution is -2.31. The molecule has 0 atom stereocenters. The van der Waals surface area contributed by atoms with E-state index in [4.69, 9.17) is 0 Å². The fourth-order valence-electron chi connectivity index (χ4n) is 2.67. The third kappa shape index (κ3) is 3.67. The first-order valence-corrected chi connectivity index (χ1v) is 6.08. The van der Waals surface area contributed by atoms with Gasteiger partial charge in [-0.15, -0.1) is 34.0 Å². The fraction of sp³-hybridized carbons (Fsp3) is 0.429. The summed E-state index contributed by atoms with van der Waals surface area (Å²) in [4.78, 5) is 2.56. The Morgan fingerprint density at radius 3 is 2.50 bits per heavy atom. The van der Waals surface area contributed by atoms with Gasteiger partial charge in [0.25, 0.3) is 0 Å². The predicted molar refractivity (Wildman–Crippen MR) is 86.9 cm³/mol. The van der Waals surface area contributed by atoms with E-state index in [9.17, 15) is 0 Å². The number of rotatable bonds is 2. The highest BCUT2D eigenvalue weighted by molar-refractivity contribution is 8.93. The maximum atomic E-state index is 3.45. The van der Waals surface area contributed by atoms with Crippen LogP contribution in [0.5, 0.6) is 0 Å². The van der Waals surface area contributed by atoms with Gasteiger partial charge in [0.1, 0.15) is 0 Å². The van der Waals surface area contributed by atoms with Gasteiger partial charge < -0.3 is 5.32 Å². The lowest BCUT2D eigenvalue weighted by Gasteiger charge is -2.28. The maximum Gasteiger partial charge on any atom is 0.0237 e. The summed E-state index contributed by atoms with van der Waals surface area (Å²) in [5.74, 6) is 0. The molecule has 1 N–H and O–H groups in total. The Morgan fingerprint density at radius 2 is 1.72 bits per heavy atom. The summed E-state index contributed by atoms with van der Waals surface area (Å²) in [7, 11) is 0. The summed E-state index contributed by atoms with van der Waals surface area (Å²) in [6.07, 6.45) is 1.26. The fourth-order valence-corrected chi connectivity index (χ4v) is 2.67. The molecule has 0 radical (unpaired) electrons. The average Bonchev–Trinajstić information content (AvgIpc) is 2.77. The van der Waals surface area contributed by atoms with Gasteiger partial charge in [0.15, 0.2) is 0 Å². The highest BCUT2D eigenvalue weighted by Gasteiger charge is 2.21. The highest BCUT2D eigenvalue weighted by atomic mass is 79.9. The smallest absolute Gasteiger partial charge is 0.0237 e. The van der Waals surface area contributed by atoms with E-state index >= 15 is 0 Å². The van der Waals surface area contributed by atoms with Crippen LogP contribution < -0.4 is 5.32 Å². The van der Waals surface area contributed by atoms with Gasteiger partial charge in [-0.05, 0) is 17.6 Å². The van der Waals surface area contributed by atoms with Gasteiger partial charge in [-0.25, -0.2) is 0 Å². The van der Waals surface area contributed by atoms with Crippen molar-refractivity contribution in [1.29, 1.82) is 0 Å². The van der Waals surface area contributed by atoms with Gasteiger partial charge in [-0.3, -0.25) is 4.90 Å². The first kappa shape index (κ1) is 15.9. The molecule has 2 aliphatic heterocycles. The zero-order chi connectivity index (χ0) is 10.8. The van der Waals surface area contributed by atoms with E-state index in [1.165, 1.54) is 18.5 Å². The van der Waals surface area contributed by atoms with Crippen molar-refractivity contribution < 1.29 is 0 Å². The molecule has 0 amide bonds. The number of benzene rings is 1. The van der Waals surface area contributed by atoms with E-state index in [0.717, 1.165) is 26.2 Å². The van der Waals surface area contributed by atoms with Crippen LogP contribution in [-0.2, 0) is 6.54 Å². The molecule has 2 aliphatic rings. The molecule has 1 aromatic rings. The molecule has 4 heteroatoms. The van der Waals surface area contributed by atoms with E-state index in [2.05, 4.69) is 40.5 Å². The molecule has 0 bridgehead atoms. The Morgan fingerprint density at radius 1 is 1.00 bits per heavy atom. The summed E-state index contributed by atoms with van der Waals surface area (Å²) in [5.41, 5.74) is 4.74. The van der Waals surface area contributed by atoms with Crippen molar-refractivity contribution in [2.45, 2.75) is 13.0 Å². The standard InChI is InChI=1S/C14H18N2.2BrH/c1-2-4-12(5-3-1)10-16-7-6-13-8-15-9-14(13)11-16;;/h1-5,15H,6-11H2;2*1H. The van der Waals surface area contributed by atoms with Crippen molar-refractivity contribution in [1.82, 2.24) is 10.2 Å². The van der Waals surface area contributed by atoms with Gasteiger partial charge in [-0.1, -0.05) is 35.9 Å². The molecule has 2 heterocycles. The van der Waals surface area contributed by atoms with Crippen LogP contribution in [0, 0.1) is 0 Å². The molecule has 0 unspecified atom stereocenters. The molecule has 0 fully saturated rings. The second kappa shape index (κ2) is 7.43. The van der Waals surface area contributed by atoms with Gasteiger partial charge in [0.05, 0.1) is 0 Å². The SMILES string of the molecule is Br.Br.c1ccc(CN2CCC3=C(CNC3)C2)cc1. The third-order valence-electron chi connectivity index (χ3n) is 3.57. The Labute approximate surface area is 130 Å². The molecular formula is C14H20Br2N2. The lowest BCUT2D eigenvalue weighted by molar-refractivity contribution is 0.278. The molecule has 100 valence electrons. The van der Waals surface area contributed by atoms with E-state index in [1.807, 2.05) is 0 Å². The van der Waals surface area contributed by atoms with E-state index in [1.54, 1.807) is 11.1 Å². The quantitative estimate of drug-likeness (QED) is 0.799. The van der Waals surface area contributed by atoms with Crippen LogP contribution in [0.15, 0.2) is 41.5 Å². The summed E-state index contributed by atoms with van der Waals surface area (Å²) in [5, 5.41) is 3.45. The monoisotopic (exact) mass is 374 g/mol. The van der Waals surface area contributed by atoms with Crippen LogP contribution in [0.3, 0.4) is 0 Å². The van der Waals surface area contributed by atoms with Gasteiger partial charge in [0.2, 0.25) is 0 Å². The minimum absolute atomic E-state index is 0. The van der Waals surface area contributed by atoms with Crippen molar-refractivity contribution in [2.24, 2.45) is 0 Å². The second-order valence-corrected chi connectivity index (χ2v) is 4.76. The first-order chi connectivity index (χ1) is 7.92. The van der Waals surface area contributed by atoms with E-state index in [0.29, 0.717) is 0 Å². The average molecular weight is 376 g/mol. The zero-order valence-electron chi connectivity index (χ0n) is 10.4. The Bertz CT molecular complexity index is 404. The highest BCUT2D eigenvalue weighted by Crippen LogP contribution is 2.21. The number of hydrogen-bond donors (Lipinski definition) is 1.